The molecule has 16 heavy (non-hydrogen) atoms. The minimum Gasteiger partial charge on any atom is -0.474 e. The van der Waals surface area contributed by atoms with Gasteiger partial charge in [0.1, 0.15) is 5.75 Å². The summed E-state index contributed by atoms with van der Waals surface area (Å²) in [6.07, 6.45) is 0. The van der Waals surface area contributed by atoms with Crippen molar-refractivity contribution in [2.75, 3.05) is 6.61 Å². The monoisotopic (exact) mass is 218 g/mol. The predicted octanol–water partition coefficient (Wildman–Crippen LogP) is 2.91. The second kappa shape index (κ2) is 4.70. The number of nitrogens with one attached hydrogen (secondary N) is 1. The Hall–Kier alpha value is -1.97. The van der Waals surface area contributed by atoms with Crippen molar-refractivity contribution >= 4 is 0 Å². The van der Waals surface area contributed by atoms with Crippen LogP contribution in [0.5, 0.6) is 17.4 Å². The maximum atomic E-state index is 5.71. The van der Waals surface area contributed by atoms with Gasteiger partial charge in [0.05, 0.1) is 12.3 Å². The van der Waals surface area contributed by atoms with E-state index < -0.39 is 0 Å². The van der Waals surface area contributed by atoms with Gasteiger partial charge in [0.2, 0.25) is 5.75 Å². The highest BCUT2D eigenvalue weighted by molar-refractivity contribution is 5.41. The summed E-state index contributed by atoms with van der Waals surface area (Å²) in [7, 11) is 0. The fraction of sp³-hybridized carbons (Fsp3) is 0.250. The Balaban J connectivity index is 2.23. The number of ether oxygens (including phenoxy) is 2. The number of nitrogens with zero attached hydrogens (tertiary/aromatic N) is 1. The topological polar surface area (TPSA) is 47.1 Å². The van der Waals surface area contributed by atoms with Crippen LogP contribution in [0.25, 0.3) is 0 Å². The number of rotatable bonds is 4. The lowest BCUT2D eigenvalue weighted by Gasteiger charge is -2.06. The molecule has 0 aliphatic rings. The van der Waals surface area contributed by atoms with Crippen LogP contribution in [0, 0.1) is 6.92 Å². The number of hydrogen-bond acceptors (Lipinski definition) is 3. The van der Waals surface area contributed by atoms with Gasteiger partial charge in [-0.25, -0.2) is 0 Å². The number of para-hydroxylation sites is 1. The summed E-state index contributed by atoms with van der Waals surface area (Å²) in [6.45, 7) is 4.37. The third kappa shape index (κ3) is 2.16. The fourth-order valence-electron chi connectivity index (χ4n) is 1.36. The summed E-state index contributed by atoms with van der Waals surface area (Å²) in [6, 6.07) is 9.57. The highest BCUT2D eigenvalue weighted by Gasteiger charge is 2.13. The Bertz CT molecular complexity index is 451. The van der Waals surface area contributed by atoms with Gasteiger partial charge in [-0.05, 0) is 26.0 Å². The van der Waals surface area contributed by atoms with Crippen molar-refractivity contribution in [1.29, 1.82) is 0 Å². The van der Waals surface area contributed by atoms with E-state index in [1.807, 2.05) is 44.2 Å². The summed E-state index contributed by atoms with van der Waals surface area (Å²) < 4.78 is 11.1. The first-order valence-electron chi connectivity index (χ1n) is 5.22. The van der Waals surface area contributed by atoms with Crippen LogP contribution >= 0.6 is 0 Å². The van der Waals surface area contributed by atoms with E-state index >= 15 is 0 Å². The molecule has 0 spiro atoms. The molecule has 0 unspecified atom stereocenters. The van der Waals surface area contributed by atoms with Gasteiger partial charge in [-0.3, -0.25) is 5.10 Å². The first-order valence-corrected chi connectivity index (χ1v) is 5.22. The minimum atomic E-state index is 0.504. The van der Waals surface area contributed by atoms with Crippen LogP contribution in [-0.4, -0.2) is 16.8 Å². The van der Waals surface area contributed by atoms with E-state index in [-0.39, 0.29) is 0 Å². The third-order valence-electron chi connectivity index (χ3n) is 2.10. The Morgan fingerprint density at radius 1 is 1.25 bits per heavy atom. The summed E-state index contributed by atoms with van der Waals surface area (Å²) in [5.74, 6) is 1.92. The van der Waals surface area contributed by atoms with Gasteiger partial charge in [0.15, 0.2) is 0 Å². The Morgan fingerprint density at radius 2 is 2.00 bits per heavy atom. The zero-order valence-electron chi connectivity index (χ0n) is 9.36. The van der Waals surface area contributed by atoms with Crippen LogP contribution in [0.3, 0.4) is 0 Å². The van der Waals surface area contributed by atoms with Gasteiger partial charge in [-0.1, -0.05) is 18.2 Å². The van der Waals surface area contributed by atoms with Crippen LogP contribution < -0.4 is 9.47 Å². The molecule has 0 saturated carbocycles. The molecular formula is C12H14N2O2. The molecule has 2 rings (SSSR count). The van der Waals surface area contributed by atoms with Gasteiger partial charge in [0.25, 0.3) is 5.88 Å². The highest BCUT2D eigenvalue weighted by atomic mass is 16.5. The molecule has 0 saturated heterocycles. The molecule has 4 nitrogen and oxygen atoms in total. The molecule has 0 atom stereocenters. The number of aryl methyl sites for hydroxylation is 1. The molecule has 1 aromatic heterocycles. The van der Waals surface area contributed by atoms with E-state index in [1.54, 1.807) is 0 Å². The zero-order valence-corrected chi connectivity index (χ0v) is 9.36. The van der Waals surface area contributed by atoms with Gasteiger partial charge in [-0.2, -0.15) is 0 Å². The predicted molar refractivity (Wildman–Crippen MR) is 61.0 cm³/mol. The van der Waals surface area contributed by atoms with E-state index in [9.17, 15) is 0 Å². The molecule has 0 fully saturated rings. The minimum absolute atomic E-state index is 0.504. The molecule has 1 aromatic carbocycles. The van der Waals surface area contributed by atoms with Crippen LogP contribution in [0.4, 0.5) is 0 Å². The standard InChI is InChI=1S/C12H14N2O2/c1-3-15-12-11(9(2)13-14-12)16-10-7-5-4-6-8-10/h4-8H,3H2,1-2H3,(H,13,14). The van der Waals surface area contributed by atoms with E-state index in [2.05, 4.69) is 10.2 Å². The van der Waals surface area contributed by atoms with Gasteiger partial charge in [-0.15, -0.1) is 5.10 Å². The summed E-state index contributed by atoms with van der Waals surface area (Å²) in [5.41, 5.74) is 0.854. The van der Waals surface area contributed by atoms with Crippen LogP contribution in [0.1, 0.15) is 12.6 Å². The van der Waals surface area contributed by atoms with E-state index in [0.29, 0.717) is 18.2 Å². The van der Waals surface area contributed by atoms with Crippen molar-refractivity contribution in [2.24, 2.45) is 0 Å². The first kappa shape index (κ1) is 10.5. The zero-order chi connectivity index (χ0) is 11.4. The lowest BCUT2D eigenvalue weighted by atomic mass is 10.3. The molecule has 0 aliphatic carbocycles. The number of benzene rings is 1. The molecule has 2 aromatic rings. The van der Waals surface area contributed by atoms with Crippen LogP contribution in [0.2, 0.25) is 0 Å². The Labute approximate surface area is 94.2 Å². The largest absolute Gasteiger partial charge is 0.474 e. The SMILES string of the molecule is CCOc1n[nH]c(C)c1Oc1ccccc1. The molecule has 0 radical (unpaired) electrons. The molecule has 1 heterocycles. The lowest BCUT2D eigenvalue weighted by Crippen LogP contribution is -1.94. The maximum Gasteiger partial charge on any atom is 0.276 e. The highest BCUT2D eigenvalue weighted by Crippen LogP contribution is 2.32. The molecule has 4 heteroatoms. The van der Waals surface area contributed by atoms with Crippen LogP contribution in [-0.2, 0) is 0 Å². The van der Waals surface area contributed by atoms with Gasteiger partial charge < -0.3 is 9.47 Å². The Kier molecular flexibility index (Phi) is 3.10. The smallest absolute Gasteiger partial charge is 0.276 e. The number of aromatic amines is 1. The van der Waals surface area contributed by atoms with E-state index in [4.69, 9.17) is 9.47 Å². The third-order valence-corrected chi connectivity index (χ3v) is 2.10. The quantitative estimate of drug-likeness (QED) is 0.858. The van der Waals surface area contributed by atoms with Gasteiger partial charge >= 0.3 is 0 Å². The average Bonchev–Trinajstić information content (AvgIpc) is 2.64. The van der Waals surface area contributed by atoms with Crippen molar-refractivity contribution in [3.63, 3.8) is 0 Å². The maximum absolute atomic E-state index is 5.71. The van der Waals surface area contributed by atoms with Crippen molar-refractivity contribution in [3.8, 4) is 17.4 Å². The Morgan fingerprint density at radius 3 is 2.69 bits per heavy atom. The number of hydrogen-bond donors (Lipinski definition) is 1. The first-order chi connectivity index (χ1) is 7.81. The number of H-pyrrole nitrogens is 1. The van der Waals surface area contributed by atoms with Crippen molar-refractivity contribution in [3.05, 3.63) is 36.0 Å². The average molecular weight is 218 g/mol. The molecule has 0 bridgehead atoms. The summed E-state index contributed by atoms with van der Waals surface area (Å²) in [4.78, 5) is 0. The van der Waals surface area contributed by atoms with Crippen molar-refractivity contribution in [2.45, 2.75) is 13.8 Å². The normalized spacial score (nSPS) is 10.1. The van der Waals surface area contributed by atoms with Gasteiger partial charge in [0, 0.05) is 0 Å². The van der Waals surface area contributed by atoms with E-state index in [1.165, 1.54) is 0 Å². The number of aromatic nitrogens is 2. The molecule has 0 aliphatic heterocycles. The molecule has 1 N–H and O–H groups in total. The second-order valence-electron chi connectivity index (χ2n) is 3.33. The molecule has 0 amide bonds. The second-order valence-corrected chi connectivity index (χ2v) is 3.33. The summed E-state index contributed by atoms with van der Waals surface area (Å²) in [5, 5.41) is 6.87. The van der Waals surface area contributed by atoms with Crippen molar-refractivity contribution < 1.29 is 9.47 Å². The molecule has 84 valence electrons. The van der Waals surface area contributed by atoms with Crippen molar-refractivity contribution in [1.82, 2.24) is 10.2 Å². The molecular weight excluding hydrogens is 204 g/mol. The lowest BCUT2D eigenvalue weighted by molar-refractivity contribution is 0.310. The fourth-order valence-corrected chi connectivity index (χ4v) is 1.36. The van der Waals surface area contributed by atoms with E-state index in [0.717, 1.165) is 11.4 Å². The van der Waals surface area contributed by atoms with Crippen LogP contribution in [0.15, 0.2) is 30.3 Å². The summed E-state index contributed by atoms with van der Waals surface area (Å²) >= 11 is 0.